The zero-order valence-corrected chi connectivity index (χ0v) is 35.0. The summed E-state index contributed by atoms with van der Waals surface area (Å²) < 4.78 is 13.3. The molecule has 0 saturated heterocycles. The summed E-state index contributed by atoms with van der Waals surface area (Å²) in [6.07, 6.45) is 3.02. The zero-order chi connectivity index (χ0) is 41.8. The molecule has 0 saturated carbocycles. The van der Waals surface area contributed by atoms with Crippen molar-refractivity contribution in [1.82, 2.24) is 15.0 Å². The highest BCUT2D eigenvalue weighted by molar-refractivity contribution is 6.10. The van der Waals surface area contributed by atoms with Crippen molar-refractivity contribution in [3.63, 3.8) is 0 Å². The Hall–Kier alpha value is -7.63. The van der Waals surface area contributed by atoms with E-state index in [1.165, 1.54) is 50.1 Å². The summed E-state index contributed by atoms with van der Waals surface area (Å²) in [6, 6.07) is 60.6. The van der Waals surface area contributed by atoms with Gasteiger partial charge < -0.3 is 8.83 Å². The van der Waals surface area contributed by atoms with Gasteiger partial charge in [0.2, 0.25) is 0 Å². The van der Waals surface area contributed by atoms with Gasteiger partial charge in [0.25, 0.3) is 0 Å². The van der Waals surface area contributed by atoms with Gasteiger partial charge >= 0.3 is 0 Å². The Labute approximate surface area is 364 Å². The zero-order valence-electron chi connectivity index (χ0n) is 35.0. The molecule has 13 rings (SSSR count). The molecule has 63 heavy (non-hydrogen) atoms. The normalized spacial score (nSPS) is 15.2. The van der Waals surface area contributed by atoms with Gasteiger partial charge in [0.15, 0.2) is 17.5 Å². The largest absolute Gasteiger partial charge is 0.455 e. The second-order valence-electron chi connectivity index (χ2n) is 17.8. The molecule has 0 bridgehead atoms. The van der Waals surface area contributed by atoms with E-state index in [1.54, 1.807) is 0 Å². The van der Waals surface area contributed by atoms with Gasteiger partial charge in [-0.05, 0) is 112 Å². The Bertz CT molecular complexity index is 3650. The first-order valence-corrected chi connectivity index (χ1v) is 22.0. The minimum Gasteiger partial charge on any atom is -0.455 e. The van der Waals surface area contributed by atoms with Crippen LogP contribution in [-0.2, 0) is 18.3 Å². The molecule has 0 radical (unpaired) electrons. The second-order valence-corrected chi connectivity index (χ2v) is 17.8. The van der Waals surface area contributed by atoms with Gasteiger partial charge in [-0.3, -0.25) is 0 Å². The van der Waals surface area contributed by atoms with E-state index in [4.69, 9.17) is 23.8 Å². The fourth-order valence-corrected chi connectivity index (χ4v) is 10.7. The van der Waals surface area contributed by atoms with Crippen molar-refractivity contribution in [3.05, 3.63) is 198 Å². The Morgan fingerprint density at radius 2 is 1.06 bits per heavy atom. The van der Waals surface area contributed by atoms with Gasteiger partial charge in [-0.25, -0.2) is 15.0 Å². The minimum absolute atomic E-state index is 0.0381. The molecule has 0 aliphatic heterocycles. The first-order valence-electron chi connectivity index (χ1n) is 22.0. The summed E-state index contributed by atoms with van der Waals surface area (Å²) in [7, 11) is 0. The van der Waals surface area contributed by atoms with Gasteiger partial charge in [0.1, 0.15) is 22.3 Å². The summed E-state index contributed by atoms with van der Waals surface area (Å²) in [4.78, 5) is 15.4. The van der Waals surface area contributed by atoms with Gasteiger partial charge in [-0.1, -0.05) is 147 Å². The van der Waals surface area contributed by atoms with Crippen LogP contribution in [0.25, 0.3) is 100 Å². The van der Waals surface area contributed by atoms with Crippen LogP contribution < -0.4 is 0 Å². The molecule has 5 nitrogen and oxygen atoms in total. The lowest BCUT2D eigenvalue weighted by molar-refractivity contribution is 0.617. The van der Waals surface area contributed by atoms with Crippen molar-refractivity contribution >= 4 is 43.9 Å². The van der Waals surface area contributed by atoms with Crippen LogP contribution in [0.2, 0.25) is 0 Å². The average Bonchev–Trinajstić information content (AvgIpc) is 3.97. The molecular formula is C58H41N3O2. The van der Waals surface area contributed by atoms with Crippen molar-refractivity contribution in [2.75, 3.05) is 0 Å². The second kappa shape index (κ2) is 13.7. The van der Waals surface area contributed by atoms with Crippen LogP contribution in [-0.4, -0.2) is 15.0 Å². The standard InChI is InChI=1S/C58H41N3O2/c1-58(2)49-24-10-8-18-40(49)47-32-38-27-26-35(30-37-16-6-7-17-39(37)46(38)33-50(47)58)36-28-29-52-48(31-36)43-21-13-23-45(54(43)63-52)57-60-55(34-14-4-3-5-15-34)59-56(61-57)44-22-12-20-42-41-19-9-11-25-51(41)62-53(42)44/h3-25,28-29,31-33,35H,26-27,30H2,1-2H3/t35-/m0/s1. The van der Waals surface area contributed by atoms with Crippen LogP contribution in [0.5, 0.6) is 0 Å². The van der Waals surface area contributed by atoms with Gasteiger partial charge in [-0.2, -0.15) is 0 Å². The summed E-state index contributed by atoms with van der Waals surface area (Å²) in [6.45, 7) is 4.75. The SMILES string of the molecule is CC1(C)c2ccccc2-c2cc3c(cc21)-c1ccccc1C[C@@H](c1ccc2oc4c(-c5nc(-c6ccccc6)nc(-c6cccc7c6oc6ccccc67)n5)cccc4c2c1)CC3. The summed E-state index contributed by atoms with van der Waals surface area (Å²) in [5.41, 5.74) is 18.2. The lowest BCUT2D eigenvalue weighted by Crippen LogP contribution is -2.16. The minimum atomic E-state index is -0.0381. The van der Waals surface area contributed by atoms with E-state index in [9.17, 15) is 0 Å². The highest BCUT2D eigenvalue weighted by Crippen LogP contribution is 2.51. The first-order chi connectivity index (χ1) is 31.0. The summed E-state index contributed by atoms with van der Waals surface area (Å²) >= 11 is 0. The predicted molar refractivity (Wildman–Crippen MR) is 255 cm³/mol. The Morgan fingerprint density at radius 1 is 0.444 bits per heavy atom. The number of hydrogen-bond acceptors (Lipinski definition) is 5. The maximum atomic E-state index is 6.80. The van der Waals surface area contributed by atoms with Crippen LogP contribution >= 0.6 is 0 Å². The predicted octanol–water partition coefficient (Wildman–Crippen LogP) is 14.9. The van der Waals surface area contributed by atoms with Crippen LogP contribution in [0, 0.1) is 0 Å². The van der Waals surface area contributed by atoms with Crippen molar-refractivity contribution in [3.8, 4) is 56.4 Å². The highest BCUT2D eigenvalue weighted by atomic mass is 16.3. The Balaban J connectivity index is 0.918. The lowest BCUT2D eigenvalue weighted by atomic mass is 9.77. The molecule has 0 amide bonds. The number of nitrogens with zero attached hydrogens (tertiary/aromatic N) is 3. The maximum Gasteiger partial charge on any atom is 0.167 e. The molecule has 0 unspecified atom stereocenters. The highest BCUT2D eigenvalue weighted by Gasteiger charge is 2.36. The molecule has 11 aromatic rings. The fourth-order valence-electron chi connectivity index (χ4n) is 10.7. The lowest BCUT2D eigenvalue weighted by Gasteiger charge is -2.27. The molecule has 3 aromatic heterocycles. The van der Waals surface area contributed by atoms with E-state index in [0.29, 0.717) is 23.4 Å². The van der Waals surface area contributed by atoms with Crippen molar-refractivity contribution in [1.29, 1.82) is 0 Å². The van der Waals surface area contributed by atoms with Crippen LogP contribution in [0.15, 0.2) is 179 Å². The molecule has 1 atom stereocenters. The topological polar surface area (TPSA) is 65.0 Å². The molecule has 0 N–H and O–H groups in total. The number of aromatic nitrogens is 3. The number of para-hydroxylation sites is 3. The number of hydrogen-bond donors (Lipinski definition) is 0. The van der Waals surface area contributed by atoms with Crippen molar-refractivity contribution < 1.29 is 8.83 Å². The van der Waals surface area contributed by atoms with Crippen LogP contribution in [0.1, 0.15) is 54.0 Å². The number of benzene rings is 8. The summed E-state index contributed by atoms with van der Waals surface area (Å²) in [5, 5.41) is 4.23. The van der Waals surface area contributed by atoms with Gasteiger partial charge in [0, 0.05) is 32.5 Å². The molecule has 3 heterocycles. The molecule has 2 aliphatic rings. The number of furan rings is 2. The van der Waals surface area contributed by atoms with E-state index in [0.717, 1.165) is 79.8 Å². The average molecular weight is 812 g/mol. The Morgan fingerprint density at radius 3 is 1.86 bits per heavy atom. The maximum absolute atomic E-state index is 6.80. The van der Waals surface area contributed by atoms with E-state index in [-0.39, 0.29) is 5.41 Å². The van der Waals surface area contributed by atoms with Crippen LogP contribution in [0.4, 0.5) is 0 Å². The van der Waals surface area contributed by atoms with Crippen LogP contribution in [0.3, 0.4) is 0 Å². The number of fused-ring (bicyclic) bond motifs is 12. The number of aryl methyl sites for hydroxylation is 1. The quantitative estimate of drug-likeness (QED) is 0.177. The first kappa shape index (κ1) is 36.1. The fraction of sp³-hybridized carbons (Fsp3) is 0.121. The third-order valence-electron chi connectivity index (χ3n) is 13.9. The van der Waals surface area contributed by atoms with E-state index < -0.39 is 0 Å². The molecule has 0 spiro atoms. The van der Waals surface area contributed by atoms with Crippen molar-refractivity contribution in [2.45, 2.75) is 44.4 Å². The van der Waals surface area contributed by atoms with E-state index in [2.05, 4.69) is 123 Å². The van der Waals surface area contributed by atoms with Gasteiger partial charge in [0.05, 0.1) is 11.1 Å². The molecule has 5 heteroatoms. The Kier molecular flexibility index (Phi) is 7.83. The molecule has 8 aromatic carbocycles. The van der Waals surface area contributed by atoms with E-state index in [1.807, 2.05) is 60.7 Å². The van der Waals surface area contributed by atoms with Gasteiger partial charge in [-0.15, -0.1) is 0 Å². The molecule has 300 valence electrons. The third kappa shape index (κ3) is 5.59. The van der Waals surface area contributed by atoms with Crippen molar-refractivity contribution in [2.24, 2.45) is 0 Å². The monoisotopic (exact) mass is 811 g/mol. The molecule has 2 aliphatic carbocycles. The third-order valence-corrected chi connectivity index (χ3v) is 13.9. The van der Waals surface area contributed by atoms with E-state index >= 15 is 0 Å². The smallest absolute Gasteiger partial charge is 0.167 e. The molecule has 0 fully saturated rings. The molecular weight excluding hydrogens is 771 g/mol. The number of rotatable bonds is 4. The summed E-state index contributed by atoms with van der Waals surface area (Å²) in [5.74, 6) is 2.00.